The largest absolute Gasteiger partial charge is 0.507 e. The summed E-state index contributed by atoms with van der Waals surface area (Å²) in [7, 11) is 1.26. The maximum Gasteiger partial charge on any atom is 0.327 e. The van der Waals surface area contributed by atoms with Crippen LogP contribution in [0.25, 0.3) is 0 Å². The summed E-state index contributed by atoms with van der Waals surface area (Å²) in [6.45, 7) is -0.0891. The van der Waals surface area contributed by atoms with E-state index in [1.165, 1.54) is 42.4 Å². The number of ether oxygens (including phenoxy) is 1. The summed E-state index contributed by atoms with van der Waals surface area (Å²) >= 11 is 0. The standard InChI is InChI=1S/C13H13N3O5/c1-21-11(19)7-16-6-8(5-14-16)15-13(20)12-9(17)3-2-4-10(12)18/h2-6,17-18H,7H2,1H3,(H,15,20). The lowest BCUT2D eigenvalue weighted by Gasteiger charge is -2.06. The number of amides is 1. The number of carbonyl (C=O) groups excluding carboxylic acids is 2. The number of nitrogens with zero attached hydrogens (tertiary/aromatic N) is 2. The molecule has 1 heterocycles. The van der Waals surface area contributed by atoms with Crippen LogP contribution < -0.4 is 5.32 Å². The van der Waals surface area contributed by atoms with Crippen LogP contribution in [0.5, 0.6) is 11.5 Å². The van der Waals surface area contributed by atoms with Crippen molar-refractivity contribution in [2.45, 2.75) is 6.54 Å². The summed E-state index contributed by atoms with van der Waals surface area (Å²) in [5.74, 6) is -1.85. The van der Waals surface area contributed by atoms with Crippen LogP contribution in [0, 0.1) is 0 Å². The molecule has 0 spiro atoms. The van der Waals surface area contributed by atoms with Crippen LogP contribution >= 0.6 is 0 Å². The van der Waals surface area contributed by atoms with Gasteiger partial charge in [0.25, 0.3) is 5.91 Å². The number of benzene rings is 1. The second kappa shape index (κ2) is 5.95. The van der Waals surface area contributed by atoms with Crippen LogP contribution in [-0.2, 0) is 16.1 Å². The van der Waals surface area contributed by atoms with Gasteiger partial charge in [-0.1, -0.05) is 6.07 Å². The minimum atomic E-state index is -0.691. The SMILES string of the molecule is COC(=O)Cn1cc(NC(=O)c2c(O)cccc2O)cn1. The van der Waals surface area contributed by atoms with Gasteiger partial charge in [0.1, 0.15) is 23.6 Å². The smallest absolute Gasteiger partial charge is 0.327 e. The van der Waals surface area contributed by atoms with E-state index in [4.69, 9.17) is 0 Å². The van der Waals surface area contributed by atoms with Crippen LogP contribution in [0.1, 0.15) is 10.4 Å². The molecule has 8 nitrogen and oxygen atoms in total. The second-order valence-electron chi connectivity index (χ2n) is 4.13. The number of methoxy groups -OCH3 is 1. The Kier molecular flexibility index (Phi) is 4.07. The molecule has 0 aliphatic carbocycles. The second-order valence-corrected chi connectivity index (χ2v) is 4.13. The molecule has 0 aliphatic heterocycles. The Hall–Kier alpha value is -3.03. The summed E-state index contributed by atoms with van der Waals surface area (Å²) in [6, 6.07) is 3.99. The van der Waals surface area contributed by atoms with Crippen LogP contribution in [0.3, 0.4) is 0 Å². The van der Waals surface area contributed by atoms with Crippen LogP contribution in [0.15, 0.2) is 30.6 Å². The van der Waals surface area contributed by atoms with Crippen molar-refractivity contribution in [2.24, 2.45) is 0 Å². The molecule has 0 aliphatic rings. The van der Waals surface area contributed by atoms with Gasteiger partial charge in [0, 0.05) is 6.20 Å². The number of nitrogens with one attached hydrogen (secondary N) is 1. The Bertz CT molecular complexity index is 660. The Morgan fingerprint density at radius 3 is 2.62 bits per heavy atom. The van der Waals surface area contributed by atoms with Crippen LogP contribution in [0.4, 0.5) is 5.69 Å². The number of phenols is 2. The molecule has 1 aromatic heterocycles. The highest BCUT2D eigenvalue weighted by Gasteiger charge is 2.16. The number of aromatic hydroxyl groups is 2. The molecule has 110 valence electrons. The maximum absolute atomic E-state index is 12.0. The predicted molar refractivity (Wildman–Crippen MR) is 72.0 cm³/mol. The molecule has 0 bridgehead atoms. The van der Waals surface area contributed by atoms with Crippen molar-refractivity contribution in [1.29, 1.82) is 0 Å². The summed E-state index contributed by atoms with van der Waals surface area (Å²) in [4.78, 5) is 23.1. The zero-order valence-corrected chi connectivity index (χ0v) is 11.1. The first-order valence-corrected chi connectivity index (χ1v) is 5.93. The number of esters is 1. The molecule has 2 aromatic rings. The third-order valence-electron chi connectivity index (χ3n) is 2.66. The van der Waals surface area contributed by atoms with Gasteiger partial charge < -0.3 is 20.3 Å². The van der Waals surface area contributed by atoms with E-state index in [-0.39, 0.29) is 23.6 Å². The van der Waals surface area contributed by atoms with Crippen molar-refractivity contribution in [3.8, 4) is 11.5 Å². The predicted octanol–water partition coefficient (Wildman–Crippen LogP) is 0.720. The highest BCUT2D eigenvalue weighted by Crippen LogP contribution is 2.26. The third-order valence-corrected chi connectivity index (χ3v) is 2.66. The molecular weight excluding hydrogens is 278 g/mol. The average Bonchev–Trinajstić information content (AvgIpc) is 2.85. The number of rotatable bonds is 4. The fraction of sp³-hybridized carbons (Fsp3) is 0.154. The van der Waals surface area contributed by atoms with Gasteiger partial charge in [-0.25, -0.2) is 0 Å². The first-order valence-electron chi connectivity index (χ1n) is 5.93. The van der Waals surface area contributed by atoms with Gasteiger partial charge in [0.2, 0.25) is 0 Å². The molecular formula is C13H13N3O5. The lowest BCUT2D eigenvalue weighted by atomic mass is 10.1. The molecule has 0 saturated heterocycles. The van der Waals surface area contributed by atoms with Gasteiger partial charge in [-0.15, -0.1) is 0 Å². The number of carbonyl (C=O) groups is 2. The zero-order valence-electron chi connectivity index (χ0n) is 11.1. The van der Waals surface area contributed by atoms with E-state index in [0.29, 0.717) is 5.69 Å². The Balaban J connectivity index is 2.12. The first kappa shape index (κ1) is 14.4. The van der Waals surface area contributed by atoms with E-state index >= 15 is 0 Å². The average molecular weight is 291 g/mol. The van der Waals surface area contributed by atoms with Gasteiger partial charge in [-0.05, 0) is 12.1 Å². The van der Waals surface area contributed by atoms with E-state index in [2.05, 4.69) is 15.2 Å². The summed E-state index contributed by atoms with van der Waals surface area (Å²) < 4.78 is 5.78. The zero-order chi connectivity index (χ0) is 15.4. The minimum Gasteiger partial charge on any atom is -0.507 e. The number of aromatic nitrogens is 2. The first-order chi connectivity index (χ1) is 10.0. The third kappa shape index (κ3) is 3.30. The highest BCUT2D eigenvalue weighted by atomic mass is 16.5. The van der Waals surface area contributed by atoms with Gasteiger partial charge in [0.15, 0.2) is 0 Å². The number of anilines is 1. The van der Waals surface area contributed by atoms with Crippen molar-refractivity contribution >= 4 is 17.6 Å². The lowest BCUT2D eigenvalue weighted by molar-refractivity contribution is -0.141. The maximum atomic E-state index is 12.0. The molecule has 3 N–H and O–H groups in total. The topological polar surface area (TPSA) is 114 Å². The van der Waals surface area contributed by atoms with Gasteiger partial charge in [-0.2, -0.15) is 5.10 Å². The molecule has 0 atom stereocenters. The lowest BCUT2D eigenvalue weighted by Crippen LogP contribution is -2.13. The minimum absolute atomic E-state index is 0.0891. The van der Waals surface area contributed by atoms with Crippen molar-refractivity contribution < 1.29 is 24.5 Å². The molecule has 1 amide bonds. The van der Waals surface area contributed by atoms with Crippen molar-refractivity contribution in [3.63, 3.8) is 0 Å². The van der Waals surface area contributed by atoms with Crippen molar-refractivity contribution in [3.05, 3.63) is 36.2 Å². The molecule has 21 heavy (non-hydrogen) atoms. The van der Waals surface area contributed by atoms with Gasteiger partial charge in [0.05, 0.1) is 19.0 Å². The highest BCUT2D eigenvalue weighted by molar-refractivity contribution is 6.07. The van der Waals surface area contributed by atoms with E-state index in [0.717, 1.165) is 0 Å². The normalized spacial score (nSPS) is 10.1. The Morgan fingerprint density at radius 2 is 2.00 bits per heavy atom. The molecule has 0 fully saturated rings. The van der Waals surface area contributed by atoms with E-state index < -0.39 is 11.9 Å². The van der Waals surface area contributed by atoms with Crippen LogP contribution in [-0.4, -0.2) is 39.0 Å². The van der Waals surface area contributed by atoms with Gasteiger partial charge >= 0.3 is 5.97 Å². The molecule has 8 heteroatoms. The number of hydrogen-bond acceptors (Lipinski definition) is 6. The van der Waals surface area contributed by atoms with E-state index in [1.54, 1.807) is 0 Å². The summed E-state index contributed by atoms with van der Waals surface area (Å²) in [6.07, 6.45) is 2.75. The summed E-state index contributed by atoms with van der Waals surface area (Å²) in [5, 5.41) is 25.5. The Labute approximate surface area is 119 Å². The number of phenolic OH excluding ortho intramolecular Hbond substituents is 2. The fourth-order valence-corrected chi connectivity index (χ4v) is 1.67. The molecule has 0 radical (unpaired) electrons. The van der Waals surface area contributed by atoms with Gasteiger partial charge in [-0.3, -0.25) is 14.3 Å². The fourth-order valence-electron chi connectivity index (χ4n) is 1.67. The molecule has 0 saturated carbocycles. The van der Waals surface area contributed by atoms with E-state index in [1.807, 2.05) is 0 Å². The molecule has 0 unspecified atom stereocenters. The summed E-state index contributed by atoms with van der Waals surface area (Å²) in [5.41, 5.74) is 0.0739. The molecule has 2 rings (SSSR count). The monoisotopic (exact) mass is 291 g/mol. The molecule has 1 aromatic carbocycles. The van der Waals surface area contributed by atoms with Crippen LogP contribution in [0.2, 0.25) is 0 Å². The number of hydrogen-bond donors (Lipinski definition) is 3. The Morgan fingerprint density at radius 1 is 1.33 bits per heavy atom. The van der Waals surface area contributed by atoms with Crippen molar-refractivity contribution in [1.82, 2.24) is 9.78 Å². The van der Waals surface area contributed by atoms with Crippen molar-refractivity contribution in [2.75, 3.05) is 12.4 Å². The van der Waals surface area contributed by atoms with E-state index in [9.17, 15) is 19.8 Å². The quantitative estimate of drug-likeness (QED) is 0.715.